The number of benzene rings is 2. The predicted octanol–water partition coefficient (Wildman–Crippen LogP) is 4.92. The molecule has 0 radical (unpaired) electrons. The Labute approximate surface area is 156 Å². The van der Waals surface area contributed by atoms with Gasteiger partial charge in [0.2, 0.25) is 11.9 Å². The molecule has 1 heterocycles. The number of nitrogens with zero attached hydrogens (tertiary/aromatic N) is 1. The van der Waals surface area contributed by atoms with Crippen molar-refractivity contribution in [2.24, 2.45) is 0 Å². The van der Waals surface area contributed by atoms with Crippen LogP contribution in [0.5, 0.6) is 0 Å². The minimum absolute atomic E-state index is 0.233. The van der Waals surface area contributed by atoms with Gasteiger partial charge in [-0.1, -0.05) is 30.3 Å². The number of hydrogen-bond acceptors (Lipinski definition) is 2. The first-order valence-corrected chi connectivity index (χ1v) is 8.47. The number of hydrogen-bond donors (Lipinski definition) is 1. The normalized spacial score (nSPS) is 12.1. The van der Waals surface area contributed by atoms with Crippen molar-refractivity contribution in [3.63, 3.8) is 0 Å². The van der Waals surface area contributed by atoms with Crippen LogP contribution in [0.2, 0.25) is 0 Å². The Morgan fingerprint density at radius 2 is 1.85 bits per heavy atom. The number of nitrogens with one attached hydrogen (secondary N) is 1. The van der Waals surface area contributed by atoms with Crippen LogP contribution < -0.4 is 5.32 Å². The number of rotatable bonds is 5. The van der Waals surface area contributed by atoms with E-state index in [1.54, 1.807) is 24.3 Å². The lowest BCUT2D eigenvalue weighted by molar-refractivity contribution is -0.117. The van der Waals surface area contributed by atoms with E-state index in [2.05, 4.69) is 10.3 Å². The summed E-state index contributed by atoms with van der Waals surface area (Å²) in [6.45, 7) is 1.87. The quantitative estimate of drug-likeness (QED) is 0.516. The molecule has 0 spiro atoms. The lowest BCUT2D eigenvalue weighted by Crippen LogP contribution is -2.24. The van der Waals surface area contributed by atoms with Gasteiger partial charge in [-0.2, -0.15) is 4.39 Å². The van der Waals surface area contributed by atoms with Gasteiger partial charge in [0.1, 0.15) is 5.82 Å². The number of amides is 1. The van der Waals surface area contributed by atoms with Gasteiger partial charge in [0.25, 0.3) is 0 Å². The van der Waals surface area contributed by atoms with Crippen LogP contribution in [0.3, 0.4) is 0 Å². The molecule has 0 aliphatic carbocycles. The topological polar surface area (TPSA) is 42.0 Å². The smallest absolute Gasteiger partial charge is 0.244 e. The molecule has 136 valence electrons. The van der Waals surface area contributed by atoms with Crippen LogP contribution in [-0.4, -0.2) is 10.9 Å². The maximum absolute atomic E-state index is 13.2. The standard InChI is InChI=1S/C22H18F2N2O/c1-15(26-22(27)11-8-16-4-2-7-20(23)12-16)17-5-3-6-18(13-17)19-9-10-21(24)25-14-19/h2-15H,1H3,(H,26,27)/b11-8+/t15-/m0/s1. The number of aromatic nitrogens is 1. The average Bonchev–Trinajstić information content (AvgIpc) is 2.67. The van der Waals surface area contributed by atoms with Crippen LogP contribution in [0.1, 0.15) is 24.1 Å². The molecule has 0 saturated carbocycles. The highest BCUT2D eigenvalue weighted by Gasteiger charge is 2.09. The highest BCUT2D eigenvalue weighted by Crippen LogP contribution is 2.23. The largest absolute Gasteiger partial charge is 0.346 e. The third-order valence-corrected chi connectivity index (χ3v) is 4.08. The highest BCUT2D eigenvalue weighted by molar-refractivity contribution is 5.92. The van der Waals surface area contributed by atoms with Crippen molar-refractivity contribution in [3.8, 4) is 11.1 Å². The van der Waals surface area contributed by atoms with Crippen LogP contribution in [-0.2, 0) is 4.79 Å². The Kier molecular flexibility index (Phi) is 5.71. The third kappa shape index (κ3) is 5.07. The van der Waals surface area contributed by atoms with E-state index in [0.717, 1.165) is 16.7 Å². The number of carbonyl (C=O) groups is 1. The van der Waals surface area contributed by atoms with Crippen molar-refractivity contribution in [2.45, 2.75) is 13.0 Å². The Balaban J connectivity index is 1.68. The Morgan fingerprint density at radius 3 is 2.59 bits per heavy atom. The monoisotopic (exact) mass is 364 g/mol. The van der Waals surface area contributed by atoms with Gasteiger partial charge >= 0.3 is 0 Å². The minimum atomic E-state index is -0.527. The second-order valence-corrected chi connectivity index (χ2v) is 6.11. The molecule has 3 aromatic rings. The molecular weight excluding hydrogens is 346 g/mol. The van der Waals surface area contributed by atoms with Gasteiger partial charge in [-0.15, -0.1) is 0 Å². The molecule has 0 unspecified atom stereocenters. The van der Waals surface area contributed by atoms with Gasteiger partial charge in [0.15, 0.2) is 0 Å². The molecule has 1 atom stereocenters. The van der Waals surface area contributed by atoms with Crippen LogP contribution in [0, 0.1) is 11.8 Å². The molecule has 27 heavy (non-hydrogen) atoms. The molecule has 0 bridgehead atoms. The van der Waals surface area contributed by atoms with Crippen molar-refractivity contribution >= 4 is 12.0 Å². The number of carbonyl (C=O) groups excluding carboxylic acids is 1. The van der Waals surface area contributed by atoms with Crippen LogP contribution in [0.25, 0.3) is 17.2 Å². The molecular formula is C22H18F2N2O. The summed E-state index contributed by atoms with van der Waals surface area (Å²) in [7, 11) is 0. The first-order chi connectivity index (χ1) is 13.0. The zero-order valence-electron chi connectivity index (χ0n) is 14.7. The molecule has 3 nitrogen and oxygen atoms in total. The van der Waals surface area contributed by atoms with Gasteiger partial charge in [-0.3, -0.25) is 4.79 Å². The molecule has 0 aliphatic rings. The number of pyridine rings is 1. The van der Waals surface area contributed by atoms with Crippen LogP contribution in [0.15, 0.2) is 72.9 Å². The van der Waals surface area contributed by atoms with Crippen LogP contribution in [0.4, 0.5) is 8.78 Å². The van der Waals surface area contributed by atoms with E-state index in [0.29, 0.717) is 5.56 Å². The number of halogens is 2. The van der Waals surface area contributed by atoms with E-state index in [4.69, 9.17) is 0 Å². The van der Waals surface area contributed by atoms with E-state index in [1.807, 2.05) is 31.2 Å². The summed E-state index contributed by atoms with van der Waals surface area (Å²) in [5.74, 6) is -1.15. The van der Waals surface area contributed by atoms with E-state index in [9.17, 15) is 13.6 Å². The zero-order valence-corrected chi connectivity index (χ0v) is 14.7. The Bertz CT molecular complexity index is 968. The molecule has 0 saturated heterocycles. The van der Waals surface area contributed by atoms with Crippen molar-refractivity contribution < 1.29 is 13.6 Å². The van der Waals surface area contributed by atoms with Gasteiger partial charge in [-0.25, -0.2) is 9.37 Å². The molecule has 1 N–H and O–H groups in total. The second-order valence-electron chi connectivity index (χ2n) is 6.11. The molecule has 2 aromatic carbocycles. The van der Waals surface area contributed by atoms with Gasteiger partial charge < -0.3 is 5.32 Å². The first-order valence-electron chi connectivity index (χ1n) is 8.47. The van der Waals surface area contributed by atoms with Crippen molar-refractivity contribution in [1.29, 1.82) is 0 Å². The van der Waals surface area contributed by atoms with E-state index >= 15 is 0 Å². The Hall–Kier alpha value is -3.34. The van der Waals surface area contributed by atoms with E-state index in [1.165, 1.54) is 30.5 Å². The van der Waals surface area contributed by atoms with Gasteiger partial charge in [-0.05, 0) is 60.0 Å². The fourth-order valence-electron chi connectivity index (χ4n) is 2.66. The van der Waals surface area contributed by atoms with Crippen molar-refractivity contribution in [1.82, 2.24) is 10.3 Å². The van der Waals surface area contributed by atoms with Crippen molar-refractivity contribution in [3.05, 3.63) is 95.8 Å². The molecule has 1 aromatic heterocycles. The summed E-state index contributed by atoms with van der Waals surface area (Å²) >= 11 is 0. The molecule has 0 fully saturated rings. The molecule has 0 aliphatic heterocycles. The average molecular weight is 364 g/mol. The van der Waals surface area contributed by atoms with Crippen molar-refractivity contribution in [2.75, 3.05) is 0 Å². The summed E-state index contributed by atoms with van der Waals surface area (Å²) in [6.07, 6.45) is 4.41. The van der Waals surface area contributed by atoms with Gasteiger partial charge in [0, 0.05) is 17.8 Å². The highest BCUT2D eigenvalue weighted by atomic mass is 19.1. The summed E-state index contributed by atoms with van der Waals surface area (Å²) in [5, 5.41) is 2.87. The molecule has 5 heteroatoms. The predicted molar refractivity (Wildman–Crippen MR) is 102 cm³/mol. The fourth-order valence-corrected chi connectivity index (χ4v) is 2.66. The summed E-state index contributed by atoms with van der Waals surface area (Å²) < 4.78 is 26.1. The first kappa shape index (κ1) is 18.5. The Morgan fingerprint density at radius 1 is 1.04 bits per heavy atom. The maximum Gasteiger partial charge on any atom is 0.244 e. The summed E-state index contributed by atoms with van der Waals surface area (Å²) in [5.41, 5.74) is 3.20. The van der Waals surface area contributed by atoms with E-state index in [-0.39, 0.29) is 17.8 Å². The lowest BCUT2D eigenvalue weighted by Gasteiger charge is -2.14. The maximum atomic E-state index is 13.2. The van der Waals surface area contributed by atoms with Crippen LogP contribution >= 0.6 is 0 Å². The fraction of sp³-hybridized carbons (Fsp3) is 0.0909. The second kappa shape index (κ2) is 8.36. The zero-order chi connectivity index (χ0) is 19.2. The SMILES string of the molecule is C[C@H](NC(=O)/C=C/c1cccc(F)c1)c1cccc(-c2ccc(F)nc2)c1. The lowest BCUT2D eigenvalue weighted by atomic mass is 10.0. The third-order valence-electron chi connectivity index (χ3n) is 4.08. The van der Waals surface area contributed by atoms with E-state index < -0.39 is 5.95 Å². The summed E-state index contributed by atoms with van der Waals surface area (Å²) in [4.78, 5) is 15.8. The summed E-state index contributed by atoms with van der Waals surface area (Å²) in [6, 6.07) is 16.4. The molecule has 1 amide bonds. The van der Waals surface area contributed by atoms with Gasteiger partial charge in [0.05, 0.1) is 6.04 Å². The minimum Gasteiger partial charge on any atom is -0.346 e. The molecule has 3 rings (SSSR count).